The van der Waals surface area contributed by atoms with E-state index in [0.29, 0.717) is 11.4 Å². The van der Waals surface area contributed by atoms with Gasteiger partial charge in [-0.3, -0.25) is 4.79 Å². The Bertz CT molecular complexity index is 823. The van der Waals surface area contributed by atoms with Crippen LogP contribution in [0, 0.1) is 6.92 Å². The molecule has 3 aromatic rings. The summed E-state index contributed by atoms with van der Waals surface area (Å²) >= 11 is 1.47. The molecule has 0 atom stereocenters. The number of hydrogen-bond donors (Lipinski definition) is 1. The third-order valence-electron chi connectivity index (χ3n) is 3.60. The lowest BCUT2D eigenvalue weighted by atomic mass is 10.3. The molecule has 0 saturated carbocycles. The fraction of sp³-hybridized carbons (Fsp3) is 0.375. The smallest absolute Gasteiger partial charge is 0.263 e. The Morgan fingerprint density at radius 2 is 2.17 bits per heavy atom. The van der Waals surface area contributed by atoms with Gasteiger partial charge in [0.1, 0.15) is 10.4 Å². The first-order valence-corrected chi connectivity index (χ1v) is 8.53. The maximum Gasteiger partial charge on any atom is 0.263 e. The zero-order chi connectivity index (χ0) is 16.2. The van der Waals surface area contributed by atoms with Gasteiger partial charge in [0.25, 0.3) is 5.91 Å². The summed E-state index contributed by atoms with van der Waals surface area (Å²) in [4.78, 5) is 17.3. The molecule has 0 radical (unpaired) electrons. The molecule has 120 valence electrons. The SMILES string of the molecule is CCc1nc(C)c(C(=O)NCCCn2nnc3ccccc32)s1. The lowest BCUT2D eigenvalue weighted by Gasteiger charge is -2.05. The molecule has 0 spiro atoms. The van der Waals surface area contributed by atoms with Crippen LogP contribution in [0.2, 0.25) is 0 Å². The Morgan fingerprint density at radius 3 is 2.96 bits per heavy atom. The van der Waals surface area contributed by atoms with Gasteiger partial charge in [0.15, 0.2) is 0 Å². The van der Waals surface area contributed by atoms with E-state index in [2.05, 4.69) is 20.6 Å². The van der Waals surface area contributed by atoms with Crippen LogP contribution in [0.1, 0.15) is 33.7 Å². The number of fused-ring (bicyclic) bond motifs is 1. The fourth-order valence-corrected chi connectivity index (χ4v) is 3.33. The quantitative estimate of drug-likeness (QED) is 0.706. The van der Waals surface area contributed by atoms with Crippen LogP contribution in [0.3, 0.4) is 0 Å². The third kappa shape index (κ3) is 3.39. The van der Waals surface area contributed by atoms with Crippen molar-refractivity contribution in [2.75, 3.05) is 6.54 Å². The van der Waals surface area contributed by atoms with Gasteiger partial charge in [0, 0.05) is 13.1 Å². The van der Waals surface area contributed by atoms with Gasteiger partial charge in [-0.2, -0.15) is 0 Å². The van der Waals surface area contributed by atoms with Gasteiger partial charge in [0.2, 0.25) is 0 Å². The molecular weight excluding hydrogens is 310 g/mol. The molecule has 1 N–H and O–H groups in total. The van der Waals surface area contributed by atoms with Crippen LogP contribution < -0.4 is 5.32 Å². The van der Waals surface area contributed by atoms with Crippen molar-refractivity contribution in [2.24, 2.45) is 0 Å². The van der Waals surface area contributed by atoms with Crippen molar-refractivity contribution in [3.05, 3.63) is 39.8 Å². The molecule has 0 bridgehead atoms. The number of nitrogens with zero attached hydrogens (tertiary/aromatic N) is 4. The van der Waals surface area contributed by atoms with Gasteiger partial charge in [0.05, 0.1) is 16.2 Å². The van der Waals surface area contributed by atoms with Crippen LogP contribution in [-0.4, -0.2) is 32.4 Å². The van der Waals surface area contributed by atoms with Crippen LogP contribution in [-0.2, 0) is 13.0 Å². The molecule has 7 heteroatoms. The van der Waals surface area contributed by atoms with E-state index in [4.69, 9.17) is 0 Å². The second kappa shape index (κ2) is 6.87. The first kappa shape index (κ1) is 15.6. The van der Waals surface area contributed by atoms with Crippen molar-refractivity contribution in [3.63, 3.8) is 0 Å². The maximum absolute atomic E-state index is 12.2. The molecule has 0 aliphatic carbocycles. The van der Waals surface area contributed by atoms with Gasteiger partial charge < -0.3 is 5.32 Å². The van der Waals surface area contributed by atoms with E-state index in [1.165, 1.54) is 11.3 Å². The Balaban J connectivity index is 1.53. The second-order valence-corrected chi connectivity index (χ2v) is 6.37. The van der Waals surface area contributed by atoms with Crippen molar-refractivity contribution < 1.29 is 4.79 Å². The second-order valence-electron chi connectivity index (χ2n) is 5.29. The third-order valence-corrected chi connectivity index (χ3v) is 4.90. The summed E-state index contributed by atoms with van der Waals surface area (Å²) in [5.74, 6) is -0.0388. The minimum Gasteiger partial charge on any atom is -0.351 e. The predicted octanol–water partition coefficient (Wildman–Crippen LogP) is 2.58. The van der Waals surface area contributed by atoms with E-state index < -0.39 is 0 Å². The minimum atomic E-state index is -0.0388. The number of amides is 1. The van der Waals surface area contributed by atoms with E-state index in [1.54, 1.807) is 0 Å². The van der Waals surface area contributed by atoms with Crippen molar-refractivity contribution in [2.45, 2.75) is 33.2 Å². The number of thiazole rings is 1. The lowest BCUT2D eigenvalue weighted by molar-refractivity contribution is 0.0956. The van der Waals surface area contributed by atoms with E-state index in [9.17, 15) is 4.79 Å². The summed E-state index contributed by atoms with van der Waals surface area (Å²) in [5, 5.41) is 12.2. The Kier molecular flexibility index (Phi) is 4.66. The molecule has 2 aromatic heterocycles. The van der Waals surface area contributed by atoms with Crippen LogP contribution in [0.15, 0.2) is 24.3 Å². The number of rotatable bonds is 6. The molecule has 0 fully saturated rings. The minimum absolute atomic E-state index is 0.0388. The topological polar surface area (TPSA) is 72.7 Å². The van der Waals surface area contributed by atoms with Crippen molar-refractivity contribution >= 4 is 28.3 Å². The van der Waals surface area contributed by atoms with Gasteiger partial charge in [-0.25, -0.2) is 9.67 Å². The number of carbonyl (C=O) groups excluding carboxylic acids is 1. The number of nitrogens with one attached hydrogen (secondary N) is 1. The highest BCUT2D eigenvalue weighted by Crippen LogP contribution is 2.18. The lowest BCUT2D eigenvalue weighted by Crippen LogP contribution is -2.25. The molecule has 2 heterocycles. The van der Waals surface area contributed by atoms with E-state index in [-0.39, 0.29) is 5.91 Å². The highest BCUT2D eigenvalue weighted by molar-refractivity contribution is 7.13. The molecule has 0 saturated heterocycles. The maximum atomic E-state index is 12.2. The summed E-state index contributed by atoms with van der Waals surface area (Å²) in [6, 6.07) is 7.87. The Morgan fingerprint density at radius 1 is 1.35 bits per heavy atom. The van der Waals surface area contributed by atoms with Crippen LogP contribution >= 0.6 is 11.3 Å². The van der Waals surface area contributed by atoms with Crippen molar-refractivity contribution in [1.82, 2.24) is 25.3 Å². The van der Waals surface area contributed by atoms with Gasteiger partial charge >= 0.3 is 0 Å². The van der Waals surface area contributed by atoms with Gasteiger partial charge in [-0.15, -0.1) is 16.4 Å². The number of para-hydroxylation sites is 1. The monoisotopic (exact) mass is 329 g/mol. The molecule has 23 heavy (non-hydrogen) atoms. The van der Waals surface area contributed by atoms with E-state index >= 15 is 0 Å². The molecule has 3 rings (SSSR count). The zero-order valence-electron chi connectivity index (χ0n) is 13.2. The molecule has 0 unspecified atom stereocenters. The van der Waals surface area contributed by atoms with Crippen LogP contribution in [0.5, 0.6) is 0 Å². The first-order chi connectivity index (χ1) is 11.2. The summed E-state index contributed by atoms with van der Waals surface area (Å²) in [7, 11) is 0. The molecule has 0 aliphatic rings. The van der Waals surface area contributed by atoms with E-state index in [0.717, 1.165) is 41.1 Å². The van der Waals surface area contributed by atoms with E-state index in [1.807, 2.05) is 42.8 Å². The average molecular weight is 329 g/mol. The number of benzene rings is 1. The van der Waals surface area contributed by atoms with Gasteiger partial charge in [-0.05, 0) is 31.9 Å². The zero-order valence-corrected chi connectivity index (χ0v) is 14.1. The average Bonchev–Trinajstić information content (AvgIpc) is 3.15. The standard InChI is InChI=1S/C16H19N5OS/c1-3-14-18-11(2)15(23-14)16(22)17-9-6-10-21-13-8-5-4-7-12(13)19-20-21/h4-5,7-8H,3,6,9-10H2,1-2H3,(H,17,22). The highest BCUT2D eigenvalue weighted by atomic mass is 32.1. The predicted molar refractivity (Wildman–Crippen MR) is 90.7 cm³/mol. The Labute approximate surface area is 138 Å². The number of carbonyl (C=O) groups is 1. The summed E-state index contributed by atoms with van der Waals surface area (Å²) in [6.45, 7) is 5.25. The van der Waals surface area contributed by atoms with Gasteiger partial charge in [-0.1, -0.05) is 24.3 Å². The summed E-state index contributed by atoms with van der Waals surface area (Å²) in [5.41, 5.74) is 2.72. The Hall–Kier alpha value is -2.28. The normalized spacial score (nSPS) is 11.0. The molecule has 1 aromatic carbocycles. The van der Waals surface area contributed by atoms with Crippen LogP contribution in [0.4, 0.5) is 0 Å². The molecule has 1 amide bonds. The summed E-state index contributed by atoms with van der Waals surface area (Å²) in [6.07, 6.45) is 1.66. The number of aromatic nitrogens is 4. The number of aryl methyl sites for hydroxylation is 3. The van der Waals surface area contributed by atoms with Crippen LogP contribution in [0.25, 0.3) is 11.0 Å². The first-order valence-electron chi connectivity index (χ1n) is 7.71. The highest BCUT2D eigenvalue weighted by Gasteiger charge is 2.14. The van der Waals surface area contributed by atoms with Crippen molar-refractivity contribution in [1.29, 1.82) is 0 Å². The largest absolute Gasteiger partial charge is 0.351 e. The molecular formula is C16H19N5OS. The fourth-order valence-electron chi connectivity index (χ4n) is 2.41. The summed E-state index contributed by atoms with van der Waals surface area (Å²) < 4.78 is 1.87. The molecule has 6 nitrogen and oxygen atoms in total. The number of hydrogen-bond acceptors (Lipinski definition) is 5. The molecule has 0 aliphatic heterocycles. The van der Waals surface area contributed by atoms with Crippen molar-refractivity contribution in [3.8, 4) is 0 Å².